The van der Waals surface area contributed by atoms with Crippen molar-refractivity contribution in [3.8, 4) is 11.5 Å². The lowest BCUT2D eigenvalue weighted by Gasteiger charge is -2.28. The Labute approximate surface area is 162 Å². The van der Waals surface area contributed by atoms with E-state index in [1.807, 2.05) is 12.3 Å². The van der Waals surface area contributed by atoms with Gasteiger partial charge in [0.1, 0.15) is 16.9 Å². The third kappa shape index (κ3) is 3.17. The minimum atomic E-state index is -0.189. The molecule has 0 saturated heterocycles. The summed E-state index contributed by atoms with van der Waals surface area (Å²) in [5, 5.41) is 0.476. The van der Waals surface area contributed by atoms with Crippen LogP contribution < -0.4 is 19.9 Å². The van der Waals surface area contributed by atoms with E-state index in [0.717, 1.165) is 24.2 Å². The van der Waals surface area contributed by atoms with Crippen LogP contribution in [0.15, 0.2) is 35.3 Å². The average Bonchev–Trinajstić information content (AvgIpc) is 3.55. The van der Waals surface area contributed by atoms with Gasteiger partial charge in [0.25, 0.3) is 5.56 Å². The van der Waals surface area contributed by atoms with Gasteiger partial charge in [-0.15, -0.1) is 0 Å². The summed E-state index contributed by atoms with van der Waals surface area (Å²) < 4.78 is 11.3. The standard InChI is InChI=1S/C21H22N4O3/c1-27-15-9-17-19(18(10-15)28-12-13-4-5-13)20(26)24-21(23-17)25-8-6-16-14(11-25)3-2-7-22-16/h2-3,7,9-10,13H,4-6,8,11-12H2,1H3,(H,23,24,26). The second kappa shape index (κ2) is 6.82. The molecule has 1 N–H and O–H groups in total. The van der Waals surface area contributed by atoms with Crippen molar-refractivity contribution in [2.75, 3.05) is 25.2 Å². The molecule has 3 heterocycles. The average molecular weight is 378 g/mol. The van der Waals surface area contributed by atoms with Crippen LogP contribution in [-0.2, 0) is 13.0 Å². The second-order valence-corrected chi connectivity index (χ2v) is 7.44. The number of nitrogens with one attached hydrogen (secondary N) is 1. The largest absolute Gasteiger partial charge is 0.497 e. The zero-order valence-corrected chi connectivity index (χ0v) is 15.8. The van der Waals surface area contributed by atoms with Crippen molar-refractivity contribution in [1.82, 2.24) is 15.0 Å². The van der Waals surface area contributed by atoms with Crippen molar-refractivity contribution in [2.45, 2.75) is 25.8 Å². The Balaban J connectivity index is 1.53. The maximum Gasteiger partial charge on any atom is 0.263 e. The highest BCUT2D eigenvalue weighted by Gasteiger charge is 2.24. The Kier molecular flexibility index (Phi) is 4.15. The molecule has 1 aliphatic carbocycles. The van der Waals surface area contributed by atoms with E-state index < -0.39 is 0 Å². The fourth-order valence-corrected chi connectivity index (χ4v) is 3.62. The molecule has 0 radical (unpaired) electrons. The number of H-pyrrole nitrogens is 1. The maximum absolute atomic E-state index is 12.9. The zero-order valence-electron chi connectivity index (χ0n) is 15.8. The van der Waals surface area contributed by atoms with Crippen LogP contribution in [0.2, 0.25) is 0 Å². The molecule has 1 aromatic carbocycles. The number of nitrogens with zero attached hydrogens (tertiary/aromatic N) is 3. The molecule has 1 fully saturated rings. The number of rotatable bonds is 5. The first kappa shape index (κ1) is 17.0. The van der Waals surface area contributed by atoms with Gasteiger partial charge in [-0.2, -0.15) is 0 Å². The van der Waals surface area contributed by atoms with E-state index in [1.54, 1.807) is 19.2 Å². The van der Waals surface area contributed by atoms with Crippen molar-refractivity contribution >= 4 is 16.9 Å². The molecule has 28 heavy (non-hydrogen) atoms. The summed E-state index contributed by atoms with van der Waals surface area (Å²) in [5.74, 6) is 2.33. The van der Waals surface area contributed by atoms with Crippen molar-refractivity contribution in [3.05, 3.63) is 52.1 Å². The van der Waals surface area contributed by atoms with Crippen molar-refractivity contribution < 1.29 is 9.47 Å². The number of fused-ring (bicyclic) bond motifs is 2. The van der Waals surface area contributed by atoms with Gasteiger partial charge in [-0.05, 0) is 30.4 Å². The van der Waals surface area contributed by atoms with Crippen molar-refractivity contribution in [3.63, 3.8) is 0 Å². The number of aromatic nitrogens is 3. The SMILES string of the molecule is COc1cc(OCC2CC2)c2c(=O)[nH]c(N3CCc4ncccc4C3)nc2c1. The molecule has 0 amide bonds. The summed E-state index contributed by atoms with van der Waals surface area (Å²) in [6, 6.07) is 7.56. The van der Waals surface area contributed by atoms with Gasteiger partial charge in [-0.1, -0.05) is 6.07 Å². The fourth-order valence-electron chi connectivity index (χ4n) is 3.62. The number of ether oxygens (including phenoxy) is 2. The Morgan fingerprint density at radius 3 is 3.04 bits per heavy atom. The van der Waals surface area contributed by atoms with Gasteiger partial charge < -0.3 is 14.4 Å². The van der Waals surface area contributed by atoms with E-state index in [9.17, 15) is 4.79 Å². The molecule has 1 saturated carbocycles. The topological polar surface area (TPSA) is 80.3 Å². The molecule has 7 heteroatoms. The summed E-state index contributed by atoms with van der Waals surface area (Å²) in [6.45, 7) is 2.06. The predicted octanol–water partition coefficient (Wildman–Crippen LogP) is 2.68. The lowest BCUT2D eigenvalue weighted by atomic mass is 10.1. The fraction of sp³-hybridized carbons (Fsp3) is 0.381. The minimum absolute atomic E-state index is 0.189. The van der Waals surface area contributed by atoms with Gasteiger partial charge >= 0.3 is 0 Å². The third-order valence-electron chi connectivity index (χ3n) is 5.40. The van der Waals surface area contributed by atoms with E-state index in [-0.39, 0.29) is 5.56 Å². The monoisotopic (exact) mass is 378 g/mol. The summed E-state index contributed by atoms with van der Waals surface area (Å²) >= 11 is 0. The Morgan fingerprint density at radius 1 is 1.32 bits per heavy atom. The van der Waals surface area contributed by atoms with Crippen LogP contribution in [0.4, 0.5) is 5.95 Å². The molecule has 5 rings (SSSR count). The van der Waals surface area contributed by atoms with E-state index in [4.69, 9.17) is 14.5 Å². The molecule has 0 bridgehead atoms. The Morgan fingerprint density at radius 2 is 2.21 bits per heavy atom. The molecule has 0 spiro atoms. The van der Waals surface area contributed by atoms with Gasteiger partial charge in [0.2, 0.25) is 5.95 Å². The van der Waals surface area contributed by atoms with Crippen LogP contribution >= 0.6 is 0 Å². The third-order valence-corrected chi connectivity index (χ3v) is 5.40. The molecule has 3 aromatic rings. The highest BCUT2D eigenvalue weighted by atomic mass is 16.5. The smallest absolute Gasteiger partial charge is 0.263 e. The number of pyridine rings is 1. The van der Waals surface area contributed by atoms with Crippen molar-refractivity contribution in [1.29, 1.82) is 0 Å². The minimum Gasteiger partial charge on any atom is -0.497 e. The summed E-state index contributed by atoms with van der Waals surface area (Å²) in [4.78, 5) is 27.1. The summed E-state index contributed by atoms with van der Waals surface area (Å²) in [5.41, 5.74) is 2.67. The van der Waals surface area contributed by atoms with E-state index in [2.05, 4.69) is 20.9 Å². The van der Waals surface area contributed by atoms with Gasteiger partial charge in [-0.25, -0.2) is 4.98 Å². The van der Waals surface area contributed by atoms with Crippen molar-refractivity contribution in [2.24, 2.45) is 5.92 Å². The molecule has 2 aromatic heterocycles. The molecule has 0 unspecified atom stereocenters. The van der Waals surface area contributed by atoms with Crippen LogP contribution in [0, 0.1) is 5.92 Å². The normalized spacial score (nSPS) is 16.1. The quantitative estimate of drug-likeness (QED) is 0.735. The number of methoxy groups -OCH3 is 1. The number of benzene rings is 1. The maximum atomic E-state index is 12.9. The molecule has 1 aliphatic heterocycles. The number of hydrogen-bond donors (Lipinski definition) is 1. The Hall–Kier alpha value is -3.09. The van der Waals surface area contributed by atoms with E-state index >= 15 is 0 Å². The highest BCUT2D eigenvalue weighted by molar-refractivity contribution is 5.86. The first-order valence-electron chi connectivity index (χ1n) is 9.64. The van der Waals surface area contributed by atoms with Crippen LogP contribution in [0.1, 0.15) is 24.1 Å². The lowest BCUT2D eigenvalue weighted by molar-refractivity contribution is 0.301. The van der Waals surface area contributed by atoms with E-state index in [0.29, 0.717) is 47.4 Å². The molecule has 2 aliphatic rings. The van der Waals surface area contributed by atoms with Crippen LogP contribution in [0.25, 0.3) is 10.9 Å². The molecular weight excluding hydrogens is 356 g/mol. The van der Waals surface area contributed by atoms with Crippen LogP contribution in [0.3, 0.4) is 0 Å². The zero-order chi connectivity index (χ0) is 19.1. The lowest BCUT2D eigenvalue weighted by Crippen LogP contribution is -2.33. The molecule has 144 valence electrons. The predicted molar refractivity (Wildman–Crippen MR) is 106 cm³/mol. The second-order valence-electron chi connectivity index (χ2n) is 7.44. The van der Waals surface area contributed by atoms with Gasteiger partial charge in [0.15, 0.2) is 0 Å². The number of hydrogen-bond acceptors (Lipinski definition) is 6. The van der Waals surface area contributed by atoms with E-state index in [1.165, 1.54) is 12.8 Å². The molecule has 7 nitrogen and oxygen atoms in total. The van der Waals surface area contributed by atoms with Crippen LogP contribution in [0.5, 0.6) is 11.5 Å². The summed E-state index contributed by atoms with van der Waals surface area (Å²) in [6.07, 6.45) is 5.02. The Bertz CT molecular complexity index is 1090. The molecule has 0 atom stereocenters. The first-order chi connectivity index (χ1) is 13.7. The van der Waals surface area contributed by atoms with Crippen LogP contribution in [-0.4, -0.2) is 35.2 Å². The number of anilines is 1. The van der Waals surface area contributed by atoms with Gasteiger partial charge in [-0.3, -0.25) is 14.8 Å². The number of aromatic amines is 1. The highest BCUT2D eigenvalue weighted by Crippen LogP contribution is 2.33. The van der Waals surface area contributed by atoms with Gasteiger partial charge in [0.05, 0.1) is 19.2 Å². The van der Waals surface area contributed by atoms with Gasteiger partial charge in [0, 0.05) is 43.5 Å². The summed E-state index contributed by atoms with van der Waals surface area (Å²) in [7, 11) is 1.61. The first-order valence-corrected chi connectivity index (χ1v) is 9.64. The molecular formula is C21H22N4O3.